The van der Waals surface area contributed by atoms with Gasteiger partial charge < -0.3 is 24.7 Å². The van der Waals surface area contributed by atoms with Gasteiger partial charge in [-0.3, -0.25) is 0 Å². The molecule has 0 saturated carbocycles. The van der Waals surface area contributed by atoms with Crippen LogP contribution in [0, 0.1) is 12.3 Å². The minimum absolute atomic E-state index is 0.0637. The summed E-state index contributed by atoms with van der Waals surface area (Å²) in [5.74, 6) is 0.213. The van der Waals surface area contributed by atoms with Crippen molar-refractivity contribution in [3.05, 3.63) is 95.9 Å². The SMILES string of the molecule is Cc1ccc([NH2+]C(=O)/C(Oc2ccc(-c3ccccc3)cc2)=C(\C=N)N2CCN(C(=O)OC(C)(C)C)CC2)cc1. The van der Waals surface area contributed by atoms with Gasteiger partial charge in [-0.25, -0.2) is 14.9 Å². The van der Waals surface area contributed by atoms with E-state index in [2.05, 4.69) is 0 Å². The smallest absolute Gasteiger partial charge is 0.410 e. The Kier molecular flexibility index (Phi) is 9.01. The topological polar surface area (TPSA) is 99.5 Å². The van der Waals surface area contributed by atoms with Gasteiger partial charge >= 0.3 is 12.0 Å². The summed E-state index contributed by atoms with van der Waals surface area (Å²) in [5.41, 5.74) is 3.74. The van der Waals surface area contributed by atoms with Crippen molar-refractivity contribution in [3.63, 3.8) is 0 Å². The number of amides is 2. The van der Waals surface area contributed by atoms with Crippen molar-refractivity contribution in [2.45, 2.75) is 33.3 Å². The lowest BCUT2D eigenvalue weighted by molar-refractivity contribution is -0.481. The Balaban J connectivity index is 1.58. The van der Waals surface area contributed by atoms with E-state index in [0.29, 0.717) is 37.6 Å². The second kappa shape index (κ2) is 12.6. The van der Waals surface area contributed by atoms with Crippen molar-refractivity contribution in [2.75, 3.05) is 26.2 Å². The summed E-state index contributed by atoms with van der Waals surface area (Å²) in [6, 6.07) is 25.2. The molecule has 0 aliphatic carbocycles. The van der Waals surface area contributed by atoms with Crippen LogP contribution in [0.25, 0.3) is 11.1 Å². The monoisotopic (exact) mass is 541 g/mol. The zero-order chi connectivity index (χ0) is 28.7. The van der Waals surface area contributed by atoms with Gasteiger partial charge in [0.2, 0.25) is 0 Å². The number of nitrogens with one attached hydrogen (secondary N) is 1. The Hall–Kier alpha value is -4.43. The molecule has 2 amide bonds. The highest BCUT2D eigenvalue weighted by molar-refractivity contribution is 5.93. The van der Waals surface area contributed by atoms with E-state index in [4.69, 9.17) is 14.9 Å². The van der Waals surface area contributed by atoms with Crippen LogP contribution in [0.4, 0.5) is 10.5 Å². The second-order valence-electron chi connectivity index (χ2n) is 10.7. The second-order valence-corrected chi connectivity index (χ2v) is 10.7. The minimum atomic E-state index is -0.580. The maximum atomic E-state index is 13.6. The molecule has 0 bridgehead atoms. The van der Waals surface area contributed by atoms with Crippen molar-refractivity contribution in [2.24, 2.45) is 0 Å². The van der Waals surface area contributed by atoms with Crippen molar-refractivity contribution in [1.82, 2.24) is 9.80 Å². The van der Waals surface area contributed by atoms with Crippen LogP contribution in [0.5, 0.6) is 5.75 Å². The average molecular weight is 542 g/mol. The first-order valence-electron chi connectivity index (χ1n) is 13.4. The largest absolute Gasteiger partial charge is 0.446 e. The number of ether oxygens (including phenoxy) is 2. The van der Waals surface area contributed by atoms with Crippen LogP contribution in [-0.4, -0.2) is 59.8 Å². The molecule has 0 unspecified atom stereocenters. The number of allylic oxidation sites excluding steroid dienone is 1. The van der Waals surface area contributed by atoms with E-state index in [0.717, 1.165) is 28.6 Å². The summed E-state index contributed by atoms with van der Waals surface area (Å²) in [4.78, 5) is 29.7. The molecule has 0 spiro atoms. The van der Waals surface area contributed by atoms with Gasteiger partial charge in [0.1, 0.15) is 22.7 Å². The van der Waals surface area contributed by atoms with Crippen LogP contribution >= 0.6 is 0 Å². The van der Waals surface area contributed by atoms with Crippen LogP contribution in [-0.2, 0) is 9.53 Å². The Morgan fingerprint density at radius 1 is 0.825 bits per heavy atom. The van der Waals surface area contributed by atoms with Crippen LogP contribution in [0.1, 0.15) is 26.3 Å². The van der Waals surface area contributed by atoms with Crippen LogP contribution in [0.2, 0.25) is 0 Å². The summed E-state index contributed by atoms with van der Waals surface area (Å²) in [6.45, 7) is 9.17. The average Bonchev–Trinajstić information content (AvgIpc) is 2.94. The fraction of sp³-hybridized carbons (Fsp3) is 0.281. The third-order valence-corrected chi connectivity index (χ3v) is 6.42. The van der Waals surface area contributed by atoms with Gasteiger partial charge in [-0.05, 0) is 63.1 Å². The van der Waals surface area contributed by atoms with E-state index in [1.54, 1.807) is 4.90 Å². The number of hydrogen-bond acceptors (Lipinski definition) is 6. The van der Waals surface area contributed by atoms with Crippen LogP contribution in [0.15, 0.2) is 90.3 Å². The first-order valence-corrected chi connectivity index (χ1v) is 13.4. The molecule has 40 heavy (non-hydrogen) atoms. The third kappa shape index (κ3) is 7.57. The maximum absolute atomic E-state index is 13.6. The summed E-state index contributed by atoms with van der Waals surface area (Å²) < 4.78 is 11.7. The number of aryl methyl sites for hydroxylation is 1. The van der Waals surface area contributed by atoms with Crippen molar-refractivity contribution in [1.29, 1.82) is 5.41 Å². The summed E-state index contributed by atoms with van der Waals surface area (Å²) in [6.07, 6.45) is 0.781. The third-order valence-electron chi connectivity index (χ3n) is 6.42. The standard InChI is InChI=1S/C32H36N4O4/c1-23-10-14-26(15-11-23)34-30(37)29(39-27-16-12-25(13-17-27)24-8-6-5-7-9-24)28(22-33)35-18-20-36(21-19-35)31(38)40-32(2,3)4/h5-17,22,33H,18-21H2,1-4H3,(H,34,37)/p+1/b29-28-,33-22?. The molecule has 0 radical (unpaired) electrons. The summed E-state index contributed by atoms with van der Waals surface area (Å²) in [7, 11) is 0. The molecule has 1 saturated heterocycles. The molecule has 1 aliphatic heterocycles. The van der Waals surface area contributed by atoms with E-state index in [1.165, 1.54) is 5.32 Å². The lowest BCUT2D eigenvalue weighted by Crippen LogP contribution is -2.83. The molecule has 1 aliphatic rings. The van der Waals surface area contributed by atoms with Crippen LogP contribution in [0.3, 0.4) is 0 Å². The van der Waals surface area contributed by atoms with E-state index in [9.17, 15) is 9.59 Å². The molecule has 1 fully saturated rings. The number of benzene rings is 3. The van der Waals surface area contributed by atoms with E-state index in [-0.39, 0.29) is 17.8 Å². The van der Waals surface area contributed by atoms with Crippen LogP contribution < -0.4 is 10.1 Å². The van der Waals surface area contributed by atoms with Crippen molar-refractivity contribution < 1.29 is 24.4 Å². The molecule has 0 atom stereocenters. The Bertz CT molecular complexity index is 1350. The van der Waals surface area contributed by atoms with Gasteiger partial charge in [0.05, 0.1) is 0 Å². The van der Waals surface area contributed by atoms with Gasteiger partial charge in [-0.2, -0.15) is 0 Å². The molecule has 4 rings (SSSR count). The molecule has 8 heteroatoms. The molecule has 8 nitrogen and oxygen atoms in total. The highest BCUT2D eigenvalue weighted by atomic mass is 16.6. The van der Waals surface area contributed by atoms with E-state index >= 15 is 0 Å². The molecule has 1 heterocycles. The molecule has 3 N–H and O–H groups in total. The quantitative estimate of drug-likeness (QED) is 0.192. The number of carbonyl (C=O) groups excluding carboxylic acids is 2. The Morgan fingerprint density at radius 2 is 1.40 bits per heavy atom. The van der Waals surface area contributed by atoms with Gasteiger partial charge in [-0.15, -0.1) is 0 Å². The maximum Gasteiger partial charge on any atom is 0.410 e. The number of rotatable bonds is 7. The summed E-state index contributed by atoms with van der Waals surface area (Å²) >= 11 is 0. The highest BCUT2D eigenvalue weighted by Gasteiger charge is 2.30. The zero-order valence-corrected chi connectivity index (χ0v) is 23.5. The Labute approximate surface area is 235 Å². The molecule has 3 aromatic rings. The van der Waals surface area contributed by atoms with Gasteiger partial charge in [0, 0.05) is 32.4 Å². The van der Waals surface area contributed by atoms with Gasteiger partial charge in [0.25, 0.3) is 5.76 Å². The Morgan fingerprint density at radius 3 is 1.98 bits per heavy atom. The van der Waals surface area contributed by atoms with E-state index < -0.39 is 5.60 Å². The first-order chi connectivity index (χ1) is 19.1. The number of carbonyl (C=O) groups is 2. The van der Waals surface area contributed by atoms with Crippen molar-refractivity contribution in [3.8, 4) is 16.9 Å². The number of quaternary nitrogens is 1. The molecular formula is C32H37N4O4+. The zero-order valence-electron chi connectivity index (χ0n) is 23.5. The molecule has 3 aromatic carbocycles. The predicted molar refractivity (Wildman–Crippen MR) is 155 cm³/mol. The first kappa shape index (κ1) is 28.6. The molecular weight excluding hydrogens is 504 g/mol. The fourth-order valence-corrected chi connectivity index (χ4v) is 4.33. The molecule has 208 valence electrons. The number of primary amides is 1. The number of piperazine rings is 1. The molecule has 0 aromatic heterocycles. The minimum Gasteiger partial charge on any atom is -0.446 e. The number of nitrogens with two attached hydrogens (primary N) is 1. The van der Waals surface area contributed by atoms with Gasteiger partial charge in [0.15, 0.2) is 0 Å². The van der Waals surface area contributed by atoms with Gasteiger partial charge in [-0.1, -0.05) is 60.2 Å². The highest BCUT2D eigenvalue weighted by Crippen LogP contribution is 2.24. The fourth-order valence-electron chi connectivity index (χ4n) is 4.33. The number of nitrogens with zero attached hydrogens (tertiary/aromatic N) is 2. The predicted octanol–water partition coefficient (Wildman–Crippen LogP) is 4.88. The number of hydrogen-bond donors (Lipinski definition) is 2. The van der Waals surface area contributed by atoms with E-state index in [1.807, 2.05) is 111 Å². The lowest BCUT2D eigenvalue weighted by atomic mass is 10.1. The normalized spacial score (nSPS) is 14.3. The summed E-state index contributed by atoms with van der Waals surface area (Å²) in [5, 5.41) is 9.74. The van der Waals surface area contributed by atoms with Crippen molar-refractivity contribution >= 4 is 23.9 Å². The lowest BCUT2D eigenvalue weighted by Gasteiger charge is -2.37.